The van der Waals surface area contributed by atoms with Crippen LogP contribution in [0, 0.1) is 0 Å². The molecule has 0 aliphatic carbocycles. The van der Waals surface area contributed by atoms with Crippen molar-refractivity contribution in [2.45, 2.75) is 27.0 Å². The van der Waals surface area contributed by atoms with E-state index in [4.69, 9.17) is 4.74 Å². The van der Waals surface area contributed by atoms with Gasteiger partial charge in [0.15, 0.2) is 0 Å². The van der Waals surface area contributed by atoms with Crippen LogP contribution in [0.1, 0.15) is 35.3 Å². The van der Waals surface area contributed by atoms with Gasteiger partial charge in [0, 0.05) is 48.3 Å². The van der Waals surface area contributed by atoms with Crippen LogP contribution < -0.4 is 10.1 Å². The zero-order valence-corrected chi connectivity index (χ0v) is 18.9. The fourth-order valence-corrected chi connectivity index (χ4v) is 3.86. The van der Waals surface area contributed by atoms with Crippen molar-refractivity contribution in [2.75, 3.05) is 39.3 Å². The summed E-state index contributed by atoms with van der Waals surface area (Å²) < 4.78 is 7.19. The summed E-state index contributed by atoms with van der Waals surface area (Å²) in [5.41, 5.74) is 2.97. The van der Waals surface area contributed by atoms with E-state index in [2.05, 4.69) is 46.1 Å². The van der Waals surface area contributed by atoms with Gasteiger partial charge in [-0.25, -0.2) is 0 Å². The fraction of sp³-hybridized carbons (Fsp3) is 0.435. The Hall–Kier alpha value is -1.89. The molecular weight excluding hydrogens is 430 g/mol. The number of piperazine rings is 1. The van der Waals surface area contributed by atoms with Gasteiger partial charge in [-0.1, -0.05) is 41.9 Å². The molecule has 1 fully saturated rings. The van der Waals surface area contributed by atoms with Crippen LogP contribution in [0.5, 0.6) is 5.75 Å². The molecule has 0 unspecified atom stereocenters. The second-order valence-electron chi connectivity index (χ2n) is 7.24. The van der Waals surface area contributed by atoms with Crippen LogP contribution in [0.3, 0.4) is 0 Å². The lowest BCUT2D eigenvalue weighted by Crippen LogP contribution is -2.46. The normalized spacial score (nSPS) is 14.3. The lowest BCUT2D eigenvalue weighted by molar-refractivity contribution is 0.0736. The molecule has 0 saturated carbocycles. The van der Waals surface area contributed by atoms with Crippen LogP contribution in [-0.2, 0) is 13.2 Å². The van der Waals surface area contributed by atoms with Crippen molar-refractivity contribution in [2.24, 2.45) is 0 Å². The molecule has 0 atom stereocenters. The van der Waals surface area contributed by atoms with Gasteiger partial charge in [-0.2, -0.15) is 0 Å². The number of halogens is 1. The lowest BCUT2D eigenvalue weighted by Gasteiger charge is -2.27. The van der Waals surface area contributed by atoms with Crippen LogP contribution in [0.15, 0.2) is 46.9 Å². The van der Waals surface area contributed by atoms with Gasteiger partial charge >= 0.3 is 0 Å². The molecule has 156 valence electrons. The van der Waals surface area contributed by atoms with Crippen molar-refractivity contribution in [3.63, 3.8) is 0 Å². The lowest BCUT2D eigenvalue weighted by atomic mass is 10.1. The number of hydrogen-bond acceptors (Lipinski definition) is 4. The van der Waals surface area contributed by atoms with Crippen LogP contribution in [-0.4, -0.2) is 55.0 Å². The van der Waals surface area contributed by atoms with E-state index >= 15 is 0 Å². The summed E-state index contributed by atoms with van der Waals surface area (Å²) in [7, 11) is 0. The highest BCUT2D eigenvalue weighted by Gasteiger charge is 2.17. The zero-order chi connectivity index (χ0) is 20.6. The van der Waals surface area contributed by atoms with Crippen molar-refractivity contribution in [1.82, 2.24) is 15.1 Å². The molecule has 1 heterocycles. The Morgan fingerprint density at radius 3 is 2.45 bits per heavy atom. The molecule has 1 N–H and O–H groups in total. The summed E-state index contributed by atoms with van der Waals surface area (Å²) in [6, 6.07) is 13.9. The molecule has 1 amide bonds. The van der Waals surface area contributed by atoms with E-state index in [0.717, 1.165) is 67.2 Å². The first-order valence-electron chi connectivity index (χ1n) is 10.3. The minimum atomic E-state index is 0.105. The fourth-order valence-electron chi connectivity index (χ4n) is 3.46. The smallest absolute Gasteiger partial charge is 0.253 e. The molecule has 0 radical (unpaired) electrons. The third kappa shape index (κ3) is 6.04. The molecule has 29 heavy (non-hydrogen) atoms. The van der Waals surface area contributed by atoms with Gasteiger partial charge in [-0.3, -0.25) is 9.69 Å². The maximum absolute atomic E-state index is 12.6. The Labute approximate surface area is 182 Å². The average molecular weight is 460 g/mol. The van der Waals surface area contributed by atoms with Crippen LogP contribution in [0.2, 0.25) is 0 Å². The zero-order valence-electron chi connectivity index (χ0n) is 17.3. The number of benzene rings is 2. The van der Waals surface area contributed by atoms with E-state index in [1.54, 1.807) is 0 Å². The number of carbonyl (C=O) groups is 1. The predicted molar refractivity (Wildman–Crippen MR) is 120 cm³/mol. The number of rotatable bonds is 8. The molecule has 2 aromatic rings. The Bertz CT molecular complexity index is 800. The third-order valence-electron chi connectivity index (χ3n) is 5.31. The second-order valence-corrected chi connectivity index (χ2v) is 8.16. The summed E-state index contributed by atoms with van der Waals surface area (Å²) >= 11 is 3.57. The van der Waals surface area contributed by atoms with E-state index in [1.165, 1.54) is 5.56 Å². The Balaban J connectivity index is 1.63. The van der Waals surface area contributed by atoms with Crippen molar-refractivity contribution in [1.29, 1.82) is 0 Å². The first-order valence-corrected chi connectivity index (χ1v) is 11.1. The van der Waals surface area contributed by atoms with Gasteiger partial charge in [0.1, 0.15) is 12.4 Å². The highest BCUT2D eigenvalue weighted by Crippen LogP contribution is 2.25. The summed E-state index contributed by atoms with van der Waals surface area (Å²) in [6.45, 7) is 11.0. The van der Waals surface area contributed by atoms with E-state index < -0.39 is 0 Å². The molecule has 1 aliphatic heterocycles. The highest BCUT2D eigenvalue weighted by atomic mass is 79.9. The Kier molecular flexibility index (Phi) is 8.09. The van der Waals surface area contributed by atoms with Crippen LogP contribution in [0.4, 0.5) is 0 Å². The third-order valence-corrected chi connectivity index (χ3v) is 5.80. The van der Waals surface area contributed by atoms with Crippen LogP contribution in [0.25, 0.3) is 0 Å². The average Bonchev–Trinajstić information content (AvgIpc) is 2.77. The number of ether oxygens (including phenoxy) is 1. The van der Waals surface area contributed by atoms with Crippen molar-refractivity contribution in [3.05, 3.63) is 63.6 Å². The summed E-state index contributed by atoms with van der Waals surface area (Å²) in [5, 5.41) is 3.27. The second kappa shape index (κ2) is 10.8. The van der Waals surface area contributed by atoms with Gasteiger partial charge in [0.05, 0.1) is 0 Å². The van der Waals surface area contributed by atoms with Crippen LogP contribution >= 0.6 is 15.9 Å². The van der Waals surface area contributed by atoms with Gasteiger partial charge in [-0.15, -0.1) is 0 Å². The SMILES string of the molecule is CCN(CC)Cc1cc(Br)ccc1OCc1ccc(C(=O)N2CCNCC2)cc1. The van der Waals surface area contributed by atoms with Crippen molar-refractivity contribution in [3.8, 4) is 5.75 Å². The molecule has 6 heteroatoms. The molecule has 0 bridgehead atoms. The van der Waals surface area contributed by atoms with E-state index in [9.17, 15) is 4.79 Å². The summed E-state index contributed by atoms with van der Waals surface area (Å²) in [5.74, 6) is 1.01. The van der Waals surface area contributed by atoms with E-state index in [0.29, 0.717) is 6.61 Å². The van der Waals surface area contributed by atoms with E-state index in [-0.39, 0.29) is 5.91 Å². The van der Waals surface area contributed by atoms with Crippen molar-refractivity contribution >= 4 is 21.8 Å². The molecule has 3 rings (SSSR count). The number of hydrogen-bond donors (Lipinski definition) is 1. The molecular formula is C23H30BrN3O2. The monoisotopic (exact) mass is 459 g/mol. The quantitative estimate of drug-likeness (QED) is 0.649. The summed E-state index contributed by atoms with van der Waals surface area (Å²) in [4.78, 5) is 16.9. The van der Waals surface area contributed by atoms with Crippen molar-refractivity contribution < 1.29 is 9.53 Å². The van der Waals surface area contributed by atoms with Gasteiger partial charge in [-0.05, 0) is 49.0 Å². The molecule has 0 aromatic heterocycles. The maximum Gasteiger partial charge on any atom is 0.253 e. The van der Waals surface area contributed by atoms with E-state index in [1.807, 2.05) is 41.3 Å². The first kappa shape index (κ1) is 21.8. The number of carbonyl (C=O) groups excluding carboxylic acids is 1. The molecule has 1 saturated heterocycles. The standard InChI is InChI=1S/C23H30BrN3O2/c1-3-26(4-2)16-20-15-21(24)9-10-22(20)29-17-18-5-7-19(8-6-18)23(28)27-13-11-25-12-14-27/h5-10,15,25H,3-4,11-14,16-17H2,1-2H3. The minimum absolute atomic E-state index is 0.105. The Morgan fingerprint density at radius 2 is 1.79 bits per heavy atom. The highest BCUT2D eigenvalue weighted by molar-refractivity contribution is 9.10. The number of nitrogens with zero attached hydrogens (tertiary/aromatic N) is 2. The van der Waals surface area contributed by atoms with Gasteiger partial charge in [0.25, 0.3) is 5.91 Å². The largest absolute Gasteiger partial charge is 0.489 e. The molecule has 2 aromatic carbocycles. The molecule has 0 spiro atoms. The maximum atomic E-state index is 12.6. The van der Waals surface area contributed by atoms with Gasteiger partial charge in [0.2, 0.25) is 0 Å². The predicted octanol–water partition coefficient (Wildman–Crippen LogP) is 3.92. The topological polar surface area (TPSA) is 44.8 Å². The summed E-state index contributed by atoms with van der Waals surface area (Å²) in [6.07, 6.45) is 0. The Morgan fingerprint density at radius 1 is 1.10 bits per heavy atom. The minimum Gasteiger partial charge on any atom is -0.489 e. The first-order chi connectivity index (χ1) is 14.1. The molecule has 1 aliphatic rings. The number of nitrogens with one attached hydrogen (secondary N) is 1. The molecule has 5 nitrogen and oxygen atoms in total. The van der Waals surface area contributed by atoms with Gasteiger partial charge < -0.3 is 15.0 Å². The number of amides is 1.